The number of hydrogen-bond acceptors (Lipinski definition) is 3. The summed E-state index contributed by atoms with van der Waals surface area (Å²) < 4.78 is 0. The Morgan fingerprint density at radius 3 is 2.52 bits per heavy atom. The number of carbonyl (C=O) groups excluding carboxylic acids is 1. The predicted octanol–water partition coefficient (Wildman–Crippen LogP) is 1.90. The van der Waals surface area contributed by atoms with Gasteiger partial charge in [-0.1, -0.05) is 24.3 Å². The van der Waals surface area contributed by atoms with Crippen molar-refractivity contribution in [2.75, 3.05) is 13.1 Å². The smallest absolute Gasteiger partial charge is 0.253 e. The lowest BCUT2D eigenvalue weighted by molar-refractivity contribution is 0.0950. The Morgan fingerprint density at radius 2 is 1.83 bits per heavy atom. The van der Waals surface area contributed by atoms with Crippen molar-refractivity contribution in [2.45, 2.75) is 25.9 Å². The molecule has 0 aliphatic carbocycles. The lowest BCUT2D eigenvalue weighted by Gasteiger charge is -2.17. The van der Waals surface area contributed by atoms with Crippen molar-refractivity contribution in [1.82, 2.24) is 15.2 Å². The van der Waals surface area contributed by atoms with E-state index in [1.54, 1.807) is 0 Å². The molecule has 1 fully saturated rings. The van der Waals surface area contributed by atoms with Gasteiger partial charge in [-0.2, -0.15) is 0 Å². The molecular formula is C18H21N3O2. The van der Waals surface area contributed by atoms with Crippen LogP contribution in [-0.2, 0) is 13.1 Å². The molecule has 120 valence electrons. The maximum Gasteiger partial charge on any atom is 0.253 e. The summed E-state index contributed by atoms with van der Waals surface area (Å²) in [4.78, 5) is 28.1. The van der Waals surface area contributed by atoms with Crippen LogP contribution in [0.25, 0.3) is 0 Å². The monoisotopic (exact) mass is 311 g/mol. The molecule has 2 heterocycles. The minimum atomic E-state index is -0.211. The zero-order chi connectivity index (χ0) is 16.1. The van der Waals surface area contributed by atoms with Crippen molar-refractivity contribution in [2.24, 2.45) is 0 Å². The average Bonchev–Trinajstić information content (AvgIpc) is 3.07. The van der Waals surface area contributed by atoms with Crippen LogP contribution in [0.1, 0.15) is 34.3 Å². The molecule has 1 aromatic carbocycles. The first-order valence-electron chi connectivity index (χ1n) is 7.98. The van der Waals surface area contributed by atoms with E-state index in [9.17, 15) is 9.59 Å². The normalized spacial score (nSPS) is 14.8. The van der Waals surface area contributed by atoms with E-state index in [-0.39, 0.29) is 11.5 Å². The summed E-state index contributed by atoms with van der Waals surface area (Å²) in [5, 5.41) is 2.92. The molecule has 2 aromatic rings. The van der Waals surface area contributed by atoms with E-state index >= 15 is 0 Å². The fourth-order valence-corrected chi connectivity index (χ4v) is 2.90. The number of nitrogens with one attached hydrogen (secondary N) is 2. The first kappa shape index (κ1) is 15.5. The second kappa shape index (κ2) is 7.24. The fourth-order valence-electron chi connectivity index (χ4n) is 2.90. The van der Waals surface area contributed by atoms with Crippen LogP contribution in [0.15, 0.2) is 47.4 Å². The molecule has 5 nitrogen and oxygen atoms in total. The average molecular weight is 311 g/mol. The van der Waals surface area contributed by atoms with Gasteiger partial charge in [0, 0.05) is 25.4 Å². The molecular weight excluding hydrogens is 290 g/mol. The molecule has 23 heavy (non-hydrogen) atoms. The third-order valence-corrected chi connectivity index (χ3v) is 4.20. The van der Waals surface area contributed by atoms with E-state index in [2.05, 4.69) is 27.3 Å². The maximum absolute atomic E-state index is 12.1. The highest BCUT2D eigenvalue weighted by atomic mass is 16.1. The number of rotatable bonds is 5. The number of carbonyl (C=O) groups is 1. The topological polar surface area (TPSA) is 65.2 Å². The number of likely N-dealkylation sites (tertiary alicyclic amines) is 1. The van der Waals surface area contributed by atoms with E-state index in [0.717, 1.165) is 25.2 Å². The van der Waals surface area contributed by atoms with E-state index in [4.69, 9.17) is 0 Å². The molecule has 0 unspecified atom stereocenters. The molecule has 0 spiro atoms. The number of aromatic amines is 1. The van der Waals surface area contributed by atoms with Crippen molar-refractivity contribution in [3.05, 3.63) is 69.6 Å². The third kappa shape index (κ3) is 4.07. The Morgan fingerprint density at radius 1 is 1.09 bits per heavy atom. The van der Waals surface area contributed by atoms with E-state index in [1.807, 2.05) is 12.1 Å². The van der Waals surface area contributed by atoms with E-state index in [1.165, 1.54) is 36.7 Å². The second-order valence-corrected chi connectivity index (χ2v) is 5.88. The molecule has 5 heteroatoms. The van der Waals surface area contributed by atoms with Crippen LogP contribution in [0.2, 0.25) is 0 Å². The van der Waals surface area contributed by atoms with Gasteiger partial charge in [-0.25, -0.2) is 0 Å². The van der Waals surface area contributed by atoms with Gasteiger partial charge >= 0.3 is 0 Å². The van der Waals surface area contributed by atoms with Crippen LogP contribution in [0, 0.1) is 0 Å². The number of hydrogen-bond donors (Lipinski definition) is 2. The third-order valence-electron chi connectivity index (χ3n) is 4.20. The lowest BCUT2D eigenvalue weighted by Crippen LogP contribution is -2.25. The molecule has 0 atom stereocenters. The fraction of sp³-hybridized carbons (Fsp3) is 0.333. The molecule has 1 aliphatic rings. The quantitative estimate of drug-likeness (QED) is 0.886. The summed E-state index contributed by atoms with van der Waals surface area (Å²) in [6.45, 7) is 3.73. The van der Waals surface area contributed by atoms with Crippen LogP contribution in [0.4, 0.5) is 0 Å². The number of H-pyrrole nitrogens is 1. The van der Waals surface area contributed by atoms with Gasteiger partial charge in [0.05, 0.1) is 5.56 Å². The van der Waals surface area contributed by atoms with Crippen molar-refractivity contribution in [3.63, 3.8) is 0 Å². The molecule has 1 amide bonds. The second-order valence-electron chi connectivity index (χ2n) is 5.88. The van der Waals surface area contributed by atoms with E-state index in [0.29, 0.717) is 12.1 Å². The Kier molecular flexibility index (Phi) is 4.88. The standard InChI is InChI=1S/C18H21N3O2/c22-17-8-7-15(12-19-17)18(23)20-11-14-5-1-2-6-16(14)13-21-9-3-4-10-21/h1-2,5-8,12H,3-4,9-11,13H2,(H,19,22)(H,20,23). The summed E-state index contributed by atoms with van der Waals surface area (Å²) in [6.07, 6.45) is 3.98. The maximum atomic E-state index is 12.1. The first-order valence-corrected chi connectivity index (χ1v) is 7.98. The molecule has 1 aromatic heterocycles. The highest BCUT2D eigenvalue weighted by molar-refractivity contribution is 5.93. The zero-order valence-corrected chi connectivity index (χ0v) is 13.0. The van der Waals surface area contributed by atoms with Gasteiger partial charge in [0.25, 0.3) is 5.91 Å². The zero-order valence-electron chi connectivity index (χ0n) is 13.0. The van der Waals surface area contributed by atoms with Crippen LogP contribution in [-0.4, -0.2) is 28.9 Å². The van der Waals surface area contributed by atoms with E-state index < -0.39 is 0 Å². The van der Waals surface area contributed by atoms with Gasteiger partial charge < -0.3 is 10.3 Å². The highest BCUT2D eigenvalue weighted by Crippen LogP contribution is 2.16. The highest BCUT2D eigenvalue weighted by Gasteiger charge is 2.14. The number of benzene rings is 1. The number of nitrogens with zero attached hydrogens (tertiary/aromatic N) is 1. The SMILES string of the molecule is O=C(NCc1ccccc1CN1CCCC1)c1ccc(=O)[nH]c1. The minimum Gasteiger partial charge on any atom is -0.348 e. The Bertz CT molecular complexity index is 713. The summed E-state index contributed by atoms with van der Waals surface area (Å²) in [6, 6.07) is 11.1. The van der Waals surface area contributed by atoms with Crippen LogP contribution in [0.5, 0.6) is 0 Å². The van der Waals surface area contributed by atoms with Crippen molar-refractivity contribution >= 4 is 5.91 Å². The van der Waals surface area contributed by atoms with Gasteiger partial charge in [0.1, 0.15) is 0 Å². The Labute approximate surface area is 135 Å². The predicted molar refractivity (Wildman–Crippen MR) is 89.2 cm³/mol. The summed E-state index contributed by atoms with van der Waals surface area (Å²) >= 11 is 0. The summed E-state index contributed by atoms with van der Waals surface area (Å²) in [7, 11) is 0. The summed E-state index contributed by atoms with van der Waals surface area (Å²) in [5.74, 6) is -0.183. The van der Waals surface area contributed by atoms with Crippen LogP contribution >= 0.6 is 0 Å². The van der Waals surface area contributed by atoms with Crippen LogP contribution in [0.3, 0.4) is 0 Å². The molecule has 0 bridgehead atoms. The number of amides is 1. The van der Waals surface area contributed by atoms with Gasteiger partial charge in [-0.05, 0) is 43.1 Å². The molecule has 0 saturated carbocycles. The molecule has 1 saturated heterocycles. The van der Waals surface area contributed by atoms with Crippen molar-refractivity contribution in [1.29, 1.82) is 0 Å². The van der Waals surface area contributed by atoms with Crippen LogP contribution < -0.4 is 10.9 Å². The van der Waals surface area contributed by atoms with Gasteiger partial charge in [0.2, 0.25) is 5.56 Å². The Balaban J connectivity index is 1.64. The largest absolute Gasteiger partial charge is 0.348 e. The molecule has 1 aliphatic heterocycles. The first-order chi connectivity index (χ1) is 11.2. The van der Waals surface area contributed by atoms with Crippen molar-refractivity contribution < 1.29 is 4.79 Å². The number of pyridine rings is 1. The molecule has 3 rings (SSSR count). The Hall–Kier alpha value is -2.40. The molecule has 0 radical (unpaired) electrons. The van der Waals surface area contributed by atoms with Gasteiger partial charge in [-0.3, -0.25) is 14.5 Å². The van der Waals surface area contributed by atoms with Gasteiger partial charge in [-0.15, -0.1) is 0 Å². The van der Waals surface area contributed by atoms with Gasteiger partial charge in [0.15, 0.2) is 0 Å². The lowest BCUT2D eigenvalue weighted by atomic mass is 10.1. The molecule has 2 N–H and O–H groups in total. The van der Waals surface area contributed by atoms with Crippen molar-refractivity contribution in [3.8, 4) is 0 Å². The summed E-state index contributed by atoms with van der Waals surface area (Å²) in [5.41, 5.74) is 2.65. The minimum absolute atomic E-state index is 0.183. The number of aromatic nitrogens is 1.